The van der Waals surface area contributed by atoms with Crippen molar-refractivity contribution in [1.82, 2.24) is 0 Å². The number of nitrogens with zero attached hydrogens (tertiary/aromatic N) is 1. The normalized spacial score (nSPS) is 11.6. The zero-order valence-electron chi connectivity index (χ0n) is 10.7. The lowest BCUT2D eigenvalue weighted by Gasteiger charge is -2.22. The van der Waals surface area contributed by atoms with Gasteiger partial charge in [0.05, 0.1) is 15.4 Å². The van der Waals surface area contributed by atoms with Gasteiger partial charge in [0.25, 0.3) is 10.0 Å². The third-order valence-electron chi connectivity index (χ3n) is 2.74. The van der Waals surface area contributed by atoms with E-state index < -0.39 is 10.0 Å². The van der Waals surface area contributed by atoms with Crippen LogP contribution in [-0.4, -0.2) is 15.0 Å². The molecule has 0 aliphatic heterocycles. The summed E-state index contributed by atoms with van der Waals surface area (Å²) in [6.45, 7) is 2.18. The molecule has 20 heavy (non-hydrogen) atoms. The largest absolute Gasteiger partial charge is 0.267 e. The summed E-state index contributed by atoms with van der Waals surface area (Å²) < 4.78 is 27.5. The van der Waals surface area contributed by atoms with E-state index in [2.05, 4.69) is 15.9 Å². The first-order valence-corrected chi connectivity index (χ1v) is 9.51. The number of benzene rings is 1. The topological polar surface area (TPSA) is 37.4 Å². The zero-order valence-corrected chi connectivity index (χ0v) is 14.7. The Morgan fingerprint density at radius 3 is 2.45 bits per heavy atom. The molecule has 0 aliphatic rings. The molecule has 108 valence electrons. The maximum absolute atomic E-state index is 12.8. The van der Waals surface area contributed by atoms with Gasteiger partial charge in [-0.15, -0.1) is 22.9 Å². The number of hydrogen-bond donors (Lipinski definition) is 0. The highest BCUT2D eigenvalue weighted by Crippen LogP contribution is 2.35. The average molecular weight is 395 g/mol. The lowest BCUT2D eigenvalue weighted by molar-refractivity contribution is 0.592. The van der Waals surface area contributed by atoms with Crippen LogP contribution >= 0.6 is 38.9 Å². The number of hydrogen-bond acceptors (Lipinski definition) is 3. The molecule has 0 bridgehead atoms. The molecule has 2 rings (SSSR count). The summed E-state index contributed by atoms with van der Waals surface area (Å²) in [5.41, 5.74) is 0.653. The number of sulfonamides is 1. The van der Waals surface area contributed by atoms with Crippen LogP contribution in [0.1, 0.15) is 11.8 Å². The standard InChI is InChI=1S/C13H13BrClNO2S2/c1-2-16(10-6-4-3-5-7-10)20(17,18)12-8-11(9-15)19-13(12)14/h3-8H,2,9H2,1H3. The van der Waals surface area contributed by atoms with E-state index in [0.29, 0.717) is 21.9 Å². The van der Waals surface area contributed by atoms with Crippen molar-refractivity contribution in [3.8, 4) is 0 Å². The van der Waals surface area contributed by atoms with Gasteiger partial charge in [-0.05, 0) is 41.1 Å². The number of rotatable bonds is 5. The molecular weight excluding hydrogens is 382 g/mol. The molecule has 1 heterocycles. The molecule has 0 aliphatic carbocycles. The second-order valence-electron chi connectivity index (χ2n) is 3.99. The molecule has 0 N–H and O–H groups in total. The number of thiophene rings is 1. The zero-order chi connectivity index (χ0) is 14.8. The van der Waals surface area contributed by atoms with Crippen LogP contribution in [0.3, 0.4) is 0 Å². The van der Waals surface area contributed by atoms with E-state index in [1.165, 1.54) is 15.6 Å². The van der Waals surface area contributed by atoms with Gasteiger partial charge in [-0.2, -0.15) is 0 Å². The molecule has 0 fully saturated rings. The van der Waals surface area contributed by atoms with E-state index in [9.17, 15) is 8.42 Å². The second-order valence-corrected chi connectivity index (χ2v) is 8.54. The fraction of sp³-hybridized carbons (Fsp3) is 0.231. The SMILES string of the molecule is CCN(c1ccccc1)S(=O)(=O)c1cc(CCl)sc1Br. The van der Waals surface area contributed by atoms with Gasteiger partial charge in [0, 0.05) is 11.4 Å². The molecule has 0 radical (unpaired) electrons. The molecule has 1 aromatic carbocycles. The van der Waals surface area contributed by atoms with Crippen LogP contribution in [0.5, 0.6) is 0 Å². The quantitative estimate of drug-likeness (QED) is 0.702. The van der Waals surface area contributed by atoms with E-state index in [0.717, 1.165) is 4.88 Å². The summed E-state index contributed by atoms with van der Waals surface area (Å²) >= 11 is 10.4. The van der Waals surface area contributed by atoms with E-state index in [4.69, 9.17) is 11.6 Å². The summed E-state index contributed by atoms with van der Waals surface area (Å²) in [6, 6.07) is 10.7. The van der Waals surface area contributed by atoms with Crippen molar-refractivity contribution < 1.29 is 8.42 Å². The van der Waals surface area contributed by atoms with Gasteiger partial charge in [-0.1, -0.05) is 18.2 Å². The van der Waals surface area contributed by atoms with E-state index in [-0.39, 0.29) is 4.90 Å². The Hall–Kier alpha value is -0.560. The van der Waals surface area contributed by atoms with Crippen molar-refractivity contribution in [2.45, 2.75) is 17.7 Å². The minimum absolute atomic E-state index is 0.267. The number of para-hydroxylation sites is 1. The van der Waals surface area contributed by atoms with Crippen LogP contribution < -0.4 is 4.31 Å². The average Bonchev–Trinajstić information content (AvgIpc) is 2.82. The summed E-state index contributed by atoms with van der Waals surface area (Å²) in [4.78, 5) is 1.09. The summed E-state index contributed by atoms with van der Waals surface area (Å²) in [5.74, 6) is 0.302. The van der Waals surface area contributed by atoms with E-state index in [1.54, 1.807) is 18.2 Å². The maximum Gasteiger partial charge on any atom is 0.266 e. The Bertz CT molecular complexity index is 686. The van der Waals surface area contributed by atoms with Crippen LogP contribution in [-0.2, 0) is 15.9 Å². The number of alkyl halides is 1. The fourth-order valence-corrected chi connectivity index (χ4v) is 6.04. The molecule has 0 saturated carbocycles. The molecule has 3 nitrogen and oxygen atoms in total. The van der Waals surface area contributed by atoms with Gasteiger partial charge in [-0.3, -0.25) is 4.31 Å². The minimum atomic E-state index is -3.59. The summed E-state index contributed by atoms with van der Waals surface area (Å²) in [6.07, 6.45) is 0. The minimum Gasteiger partial charge on any atom is -0.267 e. The second kappa shape index (κ2) is 6.47. The fourth-order valence-electron chi connectivity index (χ4n) is 1.84. The van der Waals surface area contributed by atoms with Gasteiger partial charge < -0.3 is 0 Å². The number of anilines is 1. The third kappa shape index (κ3) is 3.03. The van der Waals surface area contributed by atoms with Gasteiger partial charge >= 0.3 is 0 Å². The molecule has 0 spiro atoms. The monoisotopic (exact) mass is 393 g/mol. The van der Waals surface area contributed by atoms with Crippen molar-refractivity contribution in [3.63, 3.8) is 0 Å². The lowest BCUT2D eigenvalue weighted by Crippen LogP contribution is -2.30. The van der Waals surface area contributed by atoms with Crippen molar-refractivity contribution >= 4 is 54.6 Å². The van der Waals surface area contributed by atoms with Crippen molar-refractivity contribution in [2.24, 2.45) is 0 Å². The highest BCUT2D eigenvalue weighted by Gasteiger charge is 2.27. The molecule has 0 atom stereocenters. The highest BCUT2D eigenvalue weighted by molar-refractivity contribution is 9.11. The van der Waals surface area contributed by atoms with E-state index >= 15 is 0 Å². The Labute approximate surface area is 136 Å². The predicted octanol–water partition coefficient (Wildman–Crippen LogP) is 4.46. The Kier molecular flexibility index (Phi) is 5.12. The van der Waals surface area contributed by atoms with Gasteiger partial charge in [-0.25, -0.2) is 8.42 Å². The van der Waals surface area contributed by atoms with Crippen molar-refractivity contribution in [2.75, 3.05) is 10.8 Å². The van der Waals surface area contributed by atoms with Gasteiger partial charge in [0.2, 0.25) is 0 Å². The van der Waals surface area contributed by atoms with Gasteiger partial charge in [0.15, 0.2) is 0 Å². The molecule has 2 aromatic rings. The van der Waals surface area contributed by atoms with Crippen LogP contribution in [0.25, 0.3) is 0 Å². The number of halogens is 2. The molecule has 1 aromatic heterocycles. The van der Waals surface area contributed by atoms with Crippen molar-refractivity contribution in [1.29, 1.82) is 0 Å². The molecule has 0 unspecified atom stereocenters. The third-order valence-corrected chi connectivity index (χ3v) is 7.34. The maximum atomic E-state index is 12.8. The Morgan fingerprint density at radius 1 is 1.30 bits per heavy atom. The first-order chi connectivity index (χ1) is 9.50. The van der Waals surface area contributed by atoms with Crippen LogP contribution in [0.2, 0.25) is 0 Å². The predicted molar refractivity (Wildman–Crippen MR) is 88.2 cm³/mol. The van der Waals surface area contributed by atoms with Crippen LogP contribution in [0.4, 0.5) is 5.69 Å². The lowest BCUT2D eigenvalue weighted by atomic mass is 10.3. The van der Waals surface area contributed by atoms with Crippen LogP contribution in [0.15, 0.2) is 45.1 Å². The molecule has 7 heteroatoms. The summed E-state index contributed by atoms with van der Waals surface area (Å²) in [7, 11) is -3.59. The molecule has 0 amide bonds. The Morgan fingerprint density at radius 2 is 1.95 bits per heavy atom. The molecule has 0 saturated heterocycles. The smallest absolute Gasteiger partial charge is 0.266 e. The van der Waals surface area contributed by atoms with Crippen LogP contribution in [0, 0.1) is 0 Å². The first-order valence-electron chi connectivity index (χ1n) is 5.92. The van der Waals surface area contributed by atoms with Gasteiger partial charge in [0.1, 0.15) is 4.90 Å². The Balaban J connectivity index is 2.49. The van der Waals surface area contributed by atoms with E-state index in [1.807, 2.05) is 25.1 Å². The first kappa shape index (κ1) is 15.8. The van der Waals surface area contributed by atoms with Crippen molar-refractivity contribution in [3.05, 3.63) is 45.1 Å². The summed E-state index contributed by atoms with van der Waals surface area (Å²) in [5, 5.41) is 0. The highest BCUT2D eigenvalue weighted by atomic mass is 79.9. The molecular formula is C13H13BrClNO2S2.